The van der Waals surface area contributed by atoms with E-state index in [2.05, 4.69) is 0 Å². The number of ether oxygens (including phenoxy) is 2. The summed E-state index contributed by atoms with van der Waals surface area (Å²) < 4.78 is 23.0. The van der Waals surface area contributed by atoms with Gasteiger partial charge in [0.25, 0.3) is 0 Å². The lowest BCUT2D eigenvalue weighted by Crippen LogP contribution is -1.96. The van der Waals surface area contributed by atoms with Gasteiger partial charge in [0.2, 0.25) is 12.5 Å². The first-order valence-corrected chi connectivity index (χ1v) is 3.59. The van der Waals surface area contributed by atoms with Gasteiger partial charge in [0.1, 0.15) is 0 Å². The maximum atomic E-state index is 13.1. The molecular formula is C8H8FNO2. The van der Waals surface area contributed by atoms with Crippen LogP contribution in [0.5, 0.6) is 11.5 Å². The number of fused-ring (bicyclic) bond motifs is 1. The summed E-state index contributed by atoms with van der Waals surface area (Å²) >= 11 is 0. The lowest BCUT2D eigenvalue weighted by atomic mass is 10.2. The molecule has 64 valence electrons. The highest BCUT2D eigenvalue weighted by Crippen LogP contribution is 2.35. The summed E-state index contributed by atoms with van der Waals surface area (Å²) in [5, 5.41) is 0. The molecule has 0 fully saturated rings. The van der Waals surface area contributed by atoms with Crippen molar-refractivity contribution in [3.05, 3.63) is 23.5 Å². The Morgan fingerprint density at radius 2 is 2.25 bits per heavy atom. The Labute approximate surface area is 68.9 Å². The van der Waals surface area contributed by atoms with Crippen molar-refractivity contribution < 1.29 is 13.9 Å². The second-order valence-electron chi connectivity index (χ2n) is 2.52. The molecule has 1 aromatic rings. The Bertz CT molecular complexity index is 314. The number of hydrogen-bond acceptors (Lipinski definition) is 3. The van der Waals surface area contributed by atoms with E-state index in [0.29, 0.717) is 17.9 Å². The summed E-state index contributed by atoms with van der Waals surface area (Å²) in [6.45, 7) is 0.383. The number of nitrogens with two attached hydrogens (primary N) is 1. The highest BCUT2D eigenvalue weighted by atomic mass is 19.1. The summed E-state index contributed by atoms with van der Waals surface area (Å²) in [5.41, 5.74) is 6.06. The Morgan fingerprint density at radius 1 is 1.42 bits per heavy atom. The minimum Gasteiger partial charge on any atom is -0.453 e. The van der Waals surface area contributed by atoms with E-state index in [-0.39, 0.29) is 12.5 Å². The molecule has 0 radical (unpaired) electrons. The van der Waals surface area contributed by atoms with E-state index in [1.807, 2.05) is 0 Å². The van der Waals surface area contributed by atoms with Gasteiger partial charge in [0, 0.05) is 6.54 Å². The zero-order valence-electron chi connectivity index (χ0n) is 6.34. The molecule has 1 aromatic carbocycles. The van der Waals surface area contributed by atoms with Crippen LogP contribution in [-0.4, -0.2) is 6.79 Å². The van der Waals surface area contributed by atoms with Crippen LogP contribution in [0.3, 0.4) is 0 Å². The molecule has 0 atom stereocenters. The van der Waals surface area contributed by atoms with Crippen LogP contribution in [0.25, 0.3) is 0 Å². The van der Waals surface area contributed by atoms with Crippen LogP contribution in [0, 0.1) is 5.82 Å². The molecule has 0 unspecified atom stereocenters. The summed E-state index contributed by atoms with van der Waals surface area (Å²) in [7, 11) is 0. The van der Waals surface area contributed by atoms with Gasteiger partial charge in [-0.2, -0.15) is 0 Å². The molecule has 12 heavy (non-hydrogen) atoms. The molecule has 1 aliphatic rings. The van der Waals surface area contributed by atoms with Gasteiger partial charge in [-0.15, -0.1) is 0 Å². The minimum atomic E-state index is -0.412. The third-order valence-corrected chi connectivity index (χ3v) is 1.72. The summed E-state index contributed by atoms with van der Waals surface area (Å²) in [6.07, 6.45) is 0. The fourth-order valence-corrected chi connectivity index (χ4v) is 1.14. The van der Waals surface area contributed by atoms with Crippen molar-refractivity contribution in [1.82, 2.24) is 0 Å². The molecule has 1 heterocycles. The Morgan fingerprint density at radius 3 is 3.00 bits per heavy atom. The zero-order valence-corrected chi connectivity index (χ0v) is 6.34. The van der Waals surface area contributed by atoms with Gasteiger partial charge >= 0.3 is 0 Å². The van der Waals surface area contributed by atoms with Gasteiger partial charge in [0.15, 0.2) is 11.6 Å². The Hall–Kier alpha value is -1.29. The first-order chi connectivity index (χ1) is 5.81. The quantitative estimate of drug-likeness (QED) is 0.682. The average molecular weight is 169 g/mol. The van der Waals surface area contributed by atoms with Crippen LogP contribution < -0.4 is 15.2 Å². The van der Waals surface area contributed by atoms with Crippen molar-refractivity contribution in [2.45, 2.75) is 6.54 Å². The van der Waals surface area contributed by atoms with Crippen molar-refractivity contribution in [1.29, 1.82) is 0 Å². The van der Waals surface area contributed by atoms with Crippen LogP contribution in [-0.2, 0) is 6.54 Å². The number of hydrogen-bond donors (Lipinski definition) is 1. The SMILES string of the molecule is NCc1cc(F)c2c(c1)OCO2. The molecule has 3 nitrogen and oxygen atoms in total. The van der Waals surface area contributed by atoms with E-state index in [9.17, 15) is 4.39 Å². The topological polar surface area (TPSA) is 44.5 Å². The fourth-order valence-electron chi connectivity index (χ4n) is 1.14. The van der Waals surface area contributed by atoms with Crippen LogP contribution >= 0.6 is 0 Å². The van der Waals surface area contributed by atoms with Gasteiger partial charge in [-0.1, -0.05) is 0 Å². The molecule has 1 aliphatic heterocycles. The second-order valence-corrected chi connectivity index (χ2v) is 2.52. The van der Waals surface area contributed by atoms with Crippen molar-refractivity contribution in [2.75, 3.05) is 6.79 Å². The molecule has 0 spiro atoms. The Kier molecular flexibility index (Phi) is 1.62. The predicted octanol–water partition coefficient (Wildman–Crippen LogP) is 1.01. The van der Waals surface area contributed by atoms with Crippen molar-refractivity contribution >= 4 is 0 Å². The smallest absolute Gasteiger partial charge is 0.231 e. The van der Waals surface area contributed by atoms with Crippen LogP contribution in [0.2, 0.25) is 0 Å². The zero-order chi connectivity index (χ0) is 8.55. The van der Waals surface area contributed by atoms with Crippen LogP contribution in [0.4, 0.5) is 4.39 Å². The molecule has 4 heteroatoms. The molecule has 0 aliphatic carbocycles. The normalized spacial score (nSPS) is 13.5. The molecular weight excluding hydrogens is 161 g/mol. The van der Waals surface area contributed by atoms with E-state index in [4.69, 9.17) is 15.2 Å². The Balaban J connectivity index is 2.51. The highest BCUT2D eigenvalue weighted by molar-refractivity contribution is 5.45. The van der Waals surface area contributed by atoms with E-state index in [0.717, 1.165) is 0 Å². The van der Waals surface area contributed by atoms with Gasteiger partial charge < -0.3 is 15.2 Å². The molecule has 0 aromatic heterocycles. The minimum absolute atomic E-state index is 0.0836. The summed E-state index contributed by atoms with van der Waals surface area (Å²) in [4.78, 5) is 0. The first kappa shape index (κ1) is 7.36. The molecule has 0 saturated heterocycles. The summed E-state index contributed by atoms with van der Waals surface area (Å²) in [5.74, 6) is 0.216. The maximum Gasteiger partial charge on any atom is 0.231 e. The van der Waals surface area contributed by atoms with Crippen LogP contribution in [0.15, 0.2) is 12.1 Å². The summed E-state index contributed by atoms with van der Waals surface area (Å²) in [6, 6.07) is 3.04. The number of rotatable bonds is 1. The molecule has 2 rings (SSSR count). The third-order valence-electron chi connectivity index (χ3n) is 1.72. The van der Waals surface area contributed by atoms with E-state index in [1.165, 1.54) is 6.07 Å². The van der Waals surface area contributed by atoms with Gasteiger partial charge in [-0.3, -0.25) is 0 Å². The van der Waals surface area contributed by atoms with E-state index < -0.39 is 5.82 Å². The van der Waals surface area contributed by atoms with Gasteiger partial charge in [0.05, 0.1) is 0 Å². The lowest BCUT2D eigenvalue weighted by Gasteiger charge is -2.00. The maximum absolute atomic E-state index is 13.1. The number of benzene rings is 1. The molecule has 0 saturated carbocycles. The fraction of sp³-hybridized carbons (Fsp3) is 0.250. The van der Waals surface area contributed by atoms with Crippen molar-refractivity contribution in [3.8, 4) is 11.5 Å². The molecule has 2 N–H and O–H groups in total. The predicted molar refractivity (Wildman–Crippen MR) is 40.4 cm³/mol. The highest BCUT2D eigenvalue weighted by Gasteiger charge is 2.18. The average Bonchev–Trinajstić information content (AvgIpc) is 2.52. The standard InChI is InChI=1S/C8H8FNO2/c9-6-1-5(3-10)2-7-8(6)12-4-11-7/h1-2H,3-4,10H2. The van der Waals surface area contributed by atoms with Gasteiger partial charge in [-0.05, 0) is 17.7 Å². The van der Waals surface area contributed by atoms with Crippen molar-refractivity contribution in [3.63, 3.8) is 0 Å². The van der Waals surface area contributed by atoms with E-state index >= 15 is 0 Å². The van der Waals surface area contributed by atoms with Crippen molar-refractivity contribution in [2.24, 2.45) is 5.73 Å². The molecule has 0 bridgehead atoms. The second kappa shape index (κ2) is 2.64. The lowest BCUT2D eigenvalue weighted by molar-refractivity contribution is 0.171. The van der Waals surface area contributed by atoms with E-state index in [1.54, 1.807) is 6.07 Å². The number of halogens is 1. The van der Waals surface area contributed by atoms with Crippen LogP contribution in [0.1, 0.15) is 5.56 Å². The first-order valence-electron chi connectivity index (χ1n) is 3.59. The third kappa shape index (κ3) is 1.00. The van der Waals surface area contributed by atoms with Gasteiger partial charge in [-0.25, -0.2) is 4.39 Å². The largest absolute Gasteiger partial charge is 0.453 e. The molecule has 0 amide bonds. The monoisotopic (exact) mass is 169 g/mol.